The summed E-state index contributed by atoms with van der Waals surface area (Å²) in [4.78, 5) is 4.12. The molecule has 0 saturated carbocycles. The Morgan fingerprint density at radius 2 is 2.25 bits per heavy atom. The Morgan fingerprint density at radius 3 is 3.00 bits per heavy atom. The minimum absolute atomic E-state index is 0.539. The molecule has 2 rings (SSSR count). The van der Waals surface area contributed by atoms with Gasteiger partial charge in [-0.3, -0.25) is 4.98 Å². The van der Waals surface area contributed by atoms with Crippen LogP contribution in [-0.2, 0) is 6.42 Å². The maximum atomic E-state index is 5.52. The van der Waals surface area contributed by atoms with Gasteiger partial charge in [0.2, 0.25) is 11.8 Å². The molecule has 0 saturated heterocycles. The van der Waals surface area contributed by atoms with E-state index in [2.05, 4.69) is 15.2 Å². The second-order valence-corrected chi connectivity index (χ2v) is 3.58. The lowest BCUT2D eigenvalue weighted by Gasteiger charge is -1.95. The number of aryl methyl sites for hydroxylation is 2. The third kappa shape index (κ3) is 2.43. The molecule has 2 N–H and O–H groups in total. The Balaban J connectivity index is 2.18. The smallest absolute Gasteiger partial charge is 0.247 e. The first-order valence-corrected chi connectivity index (χ1v) is 5.25. The van der Waals surface area contributed by atoms with Gasteiger partial charge in [-0.1, -0.05) is 0 Å². The summed E-state index contributed by atoms with van der Waals surface area (Å²) < 4.78 is 5.52. The number of hydrogen-bond donors (Lipinski definition) is 1. The number of nitrogens with two attached hydrogens (primary N) is 1. The standard InChI is InChI=1S/C11H14N4O/c1-8-7-9(4-6-13-8)11-15-14-10(16-11)3-2-5-12/h4,6-7H,2-3,5,12H2,1H3. The SMILES string of the molecule is Cc1cc(-c2nnc(CCCN)o2)ccn1. The third-order valence-electron chi connectivity index (χ3n) is 2.21. The summed E-state index contributed by atoms with van der Waals surface area (Å²) >= 11 is 0. The van der Waals surface area contributed by atoms with Crippen LogP contribution < -0.4 is 5.73 Å². The summed E-state index contributed by atoms with van der Waals surface area (Å²) in [6, 6.07) is 3.77. The lowest BCUT2D eigenvalue weighted by Crippen LogP contribution is -2.00. The van der Waals surface area contributed by atoms with E-state index in [1.807, 2.05) is 19.1 Å². The second kappa shape index (κ2) is 4.85. The fourth-order valence-corrected chi connectivity index (χ4v) is 1.40. The highest BCUT2D eigenvalue weighted by Gasteiger charge is 2.08. The predicted molar refractivity (Wildman–Crippen MR) is 59.6 cm³/mol. The lowest BCUT2D eigenvalue weighted by molar-refractivity contribution is 0.499. The zero-order chi connectivity index (χ0) is 11.4. The quantitative estimate of drug-likeness (QED) is 0.837. The largest absolute Gasteiger partial charge is 0.421 e. The molecule has 0 bridgehead atoms. The molecule has 0 aromatic carbocycles. The molecule has 0 atom stereocenters. The first kappa shape index (κ1) is 10.8. The van der Waals surface area contributed by atoms with Crippen molar-refractivity contribution >= 4 is 0 Å². The third-order valence-corrected chi connectivity index (χ3v) is 2.21. The van der Waals surface area contributed by atoms with Crippen molar-refractivity contribution in [1.82, 2.24) is 15.2 Å². The van der Waals surface area contributed by atoms with Crippen LogP contribution in [0, 0.1) is 6.92 Å². The van der Waals surface area contributed by atoms with Crippen LogP contribution in [0.3, 0.4) is 0 Å². The normalized spacial score (nSPS) is 10.6. The molecule has 0 aliphatic rings. The maximum absolute atomic E-state index is 5.52. The van der Waals surface area contributed by atoms with Gasteiger partial charge in [-0.25, -0.2) is 0 Å². The number of pyridine rings is 1. The highest BCUT2D eigenvalue weighted by atomic mass is 16.4. The first-order chi connectivity index (χ1) is 7.79. The van der Waals surface area contributed by atoms with Crippen LogP contribution in [-0.4, -0.2) is 21.7 Å². The lowest BCUT2D eigenvalue weighted by atomic mass is 10.2. The molecule has 2 aromatic rings. The zero-order valence-electron chi connectivity index (χ0n) is 9.18. The highest BCUT2D eigenvalue weighted by molar-refractivity contribution is 5.52. The van der Waals surface area contributed by atoms with Gasteiger partial charge in [-0.15, -0.1) is 10.2 Å². The molecule has 0 aliphatic carbocycles. The summed E-state index contributed by atoms with van der Waals surface area (Å²) in [5.74, 6) is 1.17. The van der Waals surface area contributed by atoms with E-state index in [0.29, 0.717) is 18.3 Å². The van der Waals surface area contributed by atoms with Gasteiger partial charge in [-0.05, 0) is 32.0 Å². The number of aromatic nitrogens is 3. The topological polar surface area (TPSA) is 77.8 Å². The molecule has 0 radical (unpaired) electrons. The fraction of sp³-hybridized carbons (Fsp3) is 0.364. The van der Waals surface area contributed by atoms with Crippen molar-refractivity contribution in [3.8, 4) is 11.5 Å². The molecule has 2 aromatic heterocycles. The number of hydrogen-bond acceptors (Lipinski definition) is 5. The van der Waals surface area contributed by atoms with E-state index in [1.54, 1.807) is 6.20 Å². The number of nitrogens with zero attached hydrogens (tertiary/aromatic N) is 3. The maximum Gasteiger partial charge on any atom is 0.247 e. The van der Waals surface area contributed by atoms with Gasteiger partial charge in [0.15, 0.2) is 0 Å². The van der Waals surface area contributed by atoms with Gasteiger partial charge < -0.3 is 10.2 Å². The second-order valence-electron chi connectivity index (χ2n) is 3.58. The van der Waals surface area contributed by atoms with Gasteiger partial charge in [-0.2, -0.15) is 0 Å². The summed E-state index contributed by atoms with van der Waals surface area (Å²) in [5, 5.41) is 7.96. The molecule has 5 nitrogen and oxygen atoms in total. The molecule has 0 amide bonds. The molecule has 0 unspecified atom stereocenters. The summed E-state index contributed by atoms with van der Waals surface area (Å²) in [5.41, 5.74) is 7.25. The average molecular weight is 218 g/mol. The minimum Gasteiger partial charge on any atom is -0.421 e. The Morgan fingerprint density at radius 1 is 1.38 bits per heavy atom. The Labute approximate surface area is 93.7 Å². The summed E-state index contributed by atoms with van der Waals surface area (Å²) in [6.45, 7) is 2.56. The van der Waals surface area contributed by atoms with Crippen LogP contribution >= 0.6 is 0 Å². The van der Waals surface area contributed by atoms with Crippen LogP contribution in [0.5, 0.6) is 0 Å². The molecule has 5 heteroatoms. The summed E-state index contributed by atoms with van der Waals surface area (Å²) in [7, 11) is 0. The van der Waals surface area contributed by atoms with E-state index >= 15 is 0 Å². The van der Waals surface area contributed by atoms with Crippen molar-refractivity contribution in [2.75, 3.05) is 6.54 Å². The van der Waals surface area contributed by atoms with Gasteiger partial charge in [0.25, 0.3) is 0 Å². The fourth-order valence-electron chi connectivity index (χ4n) is 1.40. The molecule has 0 fully saturated rings. The van der Waals surface area contributed by atoms with E-state index in [0.717, 1.165) is 24.1 Å². The van der Waals surface area contributed by atoms with Crippen LogP contribution in [0.2, 0.25) is 0 Å². The van der Waals surface area contributed by atoms with Gasteiger partial charge in [0, 0.05) is 23.9 Å². The van der Waals surface area contributed by atoms with Crippen molar-refractivity contribution in [3.63, 3.8) is 0 Å². The Kier molecular flexibility index (Phi) is 3.26. The van der Waals surface area contributed by atoms with Gasteiger partial charge in [0.1, 0.15) is 0 Å². The van der Waals surface area contributed by atoms with Gasteiger partial charge >= 0.3 is 0 Å². The van der Waals surface area contributed by atoms with E-state index in [4.69, 9.17) is 10.2 Å². The minimum atomic E-state index is 0.539. The molecule has 16 heavy (non-hydrogen) atoms. The van der Waals surface area contributed by atoms with Crippen LogP contribution in [0.25, 0.3) is 11.5 Å². The zero-order valence-corrected chi connectivity index (χ0v) is 9.18. The van der Waals surface area contributed by atoms with Gasteiger partial charge in [0.05, 0.1) is 0 Å². The van der Waals surface area contributed by atoms with E-state index in [1.165, 1.54) is 0 Å². The molecular formula is C11H14N4O. The van der Waals surface area contributed by atoms with Crippen molar-refractivity contribution in [2.24, 2.45) is 5.73 Å². The Hall–Kier alpha value is -1.75. The highest BCUT2D eigenvalue weighted by Crippen LogP contribution is 2.17. The summed E-state index contributed by atoms with van der Waals surface area (Å²) in [6.07, 6.45) is 3.32. The molecule has 0 spiro atoms. The van der Waals surface area contributed by atoms with Crippen molar-refractivity contribution in [2.45, 2.75) is 19.8 Å². The average Bonchev–Trinajstić information content (AvgIpc) is 2.75. The number of rotatable bonds is 4. The molecule has 0 aliphatic heterocycles. The van der Waals surface area contributed by atoms with Crippen LogP contribution in [0.1, 0.15) is 18.0 Å². The van der Waals surface area contributed by atoms with Crippen molar-refractivity contribution in [1.29, 1.82) is 0 Å². The van der Waals surface area contributed by atoms with Crippen molar-refractivity contribution < 1.29 is 4.42 Å². The molecular weight excluding hydrogens is 204 g/mol. The molecule has 2 heterocycles. The van der Waals surface area contributed by atoms with Crippen LogP contribution in [0.15, 0.2) is 22.7 Å². The molecule has 84 valence electrons. The van der Waals surface area contributed by atoms with E-state index in [-0.39, 0.29) is 0 Å². The Bertz CT molecular complexity index is 467. The first-order valence-electron chi connectivity index (χ1n) is 5.25. The van der Waals surface area contributed by atoms with Crippen LogP contribution in [0.4, 0.5) is 0 Å². The van der Waals surface area contributed by atoms with Crippen molar-refractivity contribution in [3.05, 3.63) is 29.9 Å². The van der Waals surface area contributed by atoms with E-state index < -0.39 is 0 Å². The predicted octanol–water partition coefficient (Wildman–Crippen LogP) is 1.33. The monoisotopic (exact) mass is 218 g/mol. The van der Waals surface area contributed by atoms with E-state index in [9.17, 15) is 0 Å².